The molecule has 2 heterocycles. The van der Waals surface area contributed by atoms with Crippen LogP contribution in [0, 0.1) is 0 Å². The highest BCUT2D eigenvalue weighted by Crippen LogP contribution is 2.22. The molecule has 4 heteroatoms. The van der Waals surface area contributed by atoms with Crippen molar-refractivity contribution in [3.05, 3.63) is 42.4 Å². The van der Waals surface area contributed by atoms with Gasteiger partial charge in [-0.3, -0.25) is 0 Å². The molecule has 0 saturated carbocycles. The number of aromatic nitrogens is 2. The highest BCUT2D eigenvalue weighted by molar-refractivity contribution is 5.52. The van der Waals surface area contributed by atoms with E-state index in [9.17, 15) is 0 Å². The predicted octanol–water partition coefficient (Wildman–Crippen LogP) is 2.82. The fourth-order valence-electron chi connectivity index (χ4n) is 1.71. The zero-order valence-electron chi connectivity index (χ0n) is 11.1. The molecular formula is C14H19N3O. The van der Waals surface area contributed by atoms with Gasteiger partial charge in [0.1, 0.15) is 0 Å². The first kappa shape index (κ1) is 12.5. The molecule has 1 N–H and O–H groups in total. The number of anilines is 1. The van der Waals surface area contributed by atoms with Crippen molar-refractivity contribution >= 4 is 5.69 Å². The third-order valence-corrected chi connectivity index (χ3v) is 2.49. The zero-order valence-corrected chi connectivity index (χ0v) is 11.1. The predicted molar refractivity (Wildman–Crippen MR) is 72.7 cm³/mol. The average molecular weight is 245 g/mol. The largest absolute Gasteiger partial charge is 0.473 e. The van der Waals surface area contributed by atoms with E-state index in [0.717, 1.165) is 12.2 Å². The lowest BCUT2D eigenvalue weighted by Gasteiger charge is -2.13. The minimum atomic E-state index is 0.122. The summed E-state index contributed by atoms with van der Waals surface area (Å²) in [6, 6.07) is 5.97. The molecular weight excluding hydrogens is 226 g/mol. The second-order valence-electron chi connectivity index (χ2n) is 4.56. The summed E-state index contributed by atoms with van der Waals surface area (Å²) in [7, 11) is 2.01. The van der Waals surface area contributed by atoms with E-state index in [-0.39, 0.29) is 6.10 Å². The van der Waals surface area contributed by atoms with Gasteiger partial charge in [-0.25, -0.2) is 4.98 Å². The van der Waals surface area contributed by atoms with Gasteiger partial charge in [0.05, 0.1) is 11.8 Å². The van der Waals surface area contributed by atoms with E-state index in [1.807, 2.05) is 43.8 Å². The van der Waals surface area contributed by atoms with Crippen molar-refractivity contribution < 1.29 is 4.74 Å². The van der Waals surface area contributed by atoms with E-state index in [1.54, 1.807) is 6.20 Å². The van der Waals surface area contributed by atoms with E-state index in [1.165, 1.54) is 5.56 Å². The van der Waals surface area contributed by atoms with Crippen LogP contribution in [0.4, 0.5) is 5.69 Å². The van der Waals surface area contributed by atoms with Crippen molar-refractivity contribution in [1.29, 1.82) is 0 Å². The summed E-state index contributed by atoms with van der Waals surface area (Å²) in [5.74, 6) is 0.656. The fourth-order valence-corrected chi connectivity index (χ4v) is 1.71. The molecule has 0 aliphatic rings. The molecule has 0 aliphatic carbocycles. The maximum atomic E-state index is 5.66. The summed E-state index contributed by atoms with van der Waals surface area (Å²) in [5, 5.41) is 3.35. The summed E-state index contributed by atoms with van der Waals surface area (Å²) in [6.07, 6.45) is 5.99. The van der Waals surface area contributed by atoms with Crippen molar-refractivity contribution in [1.82, 2.24) is 9.55 Å². The second-order valence-corrected chi connectivity index (χ2v) is 4.56. The van der Waals surface area contributed by atoms with Crippen molar-refractivity contribution in [2.45, 2.75) is 26.5 Å². The molecule has 0 atom stereocenters. The van der Waals surface area contributed by atoms with Gasteiger partial charge in [0.15, 0.2) is 0 Å². The van der Waals surface area contributed by atoms with Gasteiger partial charge < -0.3 is 14.6 Å². The number of nitrogens with one attached hydrogen (secondary N) is 1. The quantitative estimate of drug-likeness (QED) is 0.880. The van der Waals surface area contributed by atoms with Crippen molar-refractivity contribution in [2.24, 2.45) is 7.05 Å². The zero-order chi connectivity index (χ0) is 13.0. The van der Waals surface area contributed by atoms with Crippen LogP contribution in [-0.4, -0.2) is 15.7 Å². The van der Waals surface area contributed by atoms with Crippen LogP contribution < -0.4 is 10.1 Å². The Morgan fingerprint density at radius 3 is 2.89 bits per heavy atom. The normalized spacial score (nSPS) is 10.7. The number of hydrogen-bond donors (Lipinski definition) is 1. The second kappa shape index (κ2) is 5.58. The molecule has 0 aromatic carbocycles. The van der Waals surface area contributed by atoms with Crippen LogP contribution in [0.15, 0.2) is 36.8 Å². The van der Waals surface area contributed by atoms with Gasteiger partial charge in [-0.1, -0.05) is 0 Å². The lowest BCUT2D eigenvalue weighted by molar-refractivity contribution is 0.234. The van der Waals surface area contributed by atoms with E-state index < -0.39 is 0 Å². The molecule has 0 fully saturated rings. The highest BCUT2D eigenvalue weighted by Gasteiger charge is 2.06. The maximum absolute atomic E-state index is 5.66. The molecule has 0 aliphatic heterocycles. The van der Waals surface area contributed by atoms with Gasteiger partial charge in [0, 0.05) is 32.2 Å². The molecule has 0 spiro atoms. The van der Waals surface area contributed by atoms with E-state index in [2.05, 4.69) is 22.6 Å². The lowest BCUT2D eigenvalue weighted by atomic mass is 10.3. The molecule has 96 valence electrons. The number of aryl methyl sites for hydroxylation is 1. The molecule has 2 rings (SSSR count). The molecule has 0 radical (unpaired) electrons. The minimum Gasteiger partial charge on any atom is -0.473 e. The fraction of sp³-hybridized carbons (Fsp3) is 0.357. The number of pyridine rings is 1. The van der Waals surface area contributed by atoms with Crippen LogP contribution in [-0.2, 0) is 13.6 Å². The lowest BCUT2D eigenvalue weighted by Crippen LogP contribution is -2.09. The smallest absolute Gasteiger partial charge is 0.237 e. The van der Waals surface area contributed by atoms with Gasteiger partial charge in [-0.2, -0.15) is 0 Å². The van der Waals surface area contributed by atoms with Gasteiger partial charge in [-0.15, -0.1) is 0 Å². The topological polar surface area (TPSA) is 39.1 Å². The Labute approximate surface area is 108 Å². The summed E-state index contributed by atoms with van der Waals surface area (Å²) in [4.78, 5) is 4.25. The molecule has 0 unspecified atom stereocenters. The molecule has 0 saturated heterocycles. The SMILES string of the molecule is CC(C)Oc1ncccc1NCc1ccn(C)c1. The Balaban J connectivity index is 2.04. The first-order valence-electron chi connectivity index (χ1n) is 6.11. The van der Waals surface area contributed by atoms with E-state index >= 15 is 0 Å². The van der Waals surface area contributed by atoms with Crippen molar-refractivity contribution in [3.8, 4) is 5.88 Å². The van der Waals surface area contributed by atoms with Crippen LogP contribution >= 0.6 is 0 Å². The Kier molecular flexibility index (Phi) is 3.87. The Hall–Kier alpha value is -1.97. The number of hydrogen-bond acceptors (Lipinski definition) is 3. The number of ether oxygens (including phenoxy) is 1. The Morgan fingerprint density at radius 2 is 2.22 bits per heavy atom. The number of rotatable bonds is 5. The van der Waals surface area contributed by atoms with E-state index in [0.29, 0.717) is 5.88 Å². The maximum Gasteiger partial charge on any atom is 0.237 e. The van der Waals surface area contributed by atoms with Crippen molar-refractivity contribution in [3.63, 3.8) is 0 Å². The summed E-state index contributed by atoms with van der Waals surface area (Å²) in [6.45, 7) is 4.76. The molecule has 0 bridgehead atoms. The van der Waals surface area contributed by atoms with Crippen LogP contribution in [0.3, 0.4) is 0 Å². The summed E-state index contributed by atoms with van der Waals surface area (Å²) >= 11 is 0. The minimum absolute atomic E-state index is 0.122. The van der Waals surface area contributed by atoms with E-state index in [4.69, 9.17) is 4.74 Å². The monoisotopic (exact) mass is 245 g/mol. The first-order valence-corrected chi connectivity index (χ1v) is 6.11. The Morgan fingerprint density at radius 1 is 1.39 bits per heavy atom. The third kappa shape index (κ3) is 3.26. The van der Waals surface area contributed by atoms with Gasteiger partial charge in [-0.05, 0) is 37.6 Å². The van der Waals surface area contributed by atoms with Crippen LogP contribution in [0.1, 0.15) is 19.4 Å². The first-order chi connectivity index (χ1) is 8.65. The third-order valence-electron chi connectivity index (χ3n) is 2.49. The molecule has 2 aromatic heterocycles. The van der Waals surface area contributed by atoms with Gasteiger partial charge in [0.2, 0.25) is 5.88 Å². The average Bonchev–Trinajstić information content (AvgIpc) is 2.73. The molecule has 4 nitrogen and oxygen atoms in total. The molecule has 18 heavy (non-hydrogen) atoms. The van der Waals surface area contributed by atoms with Crippen LogP contribution in [0.25, 0.3) is 0 Å². The molecule has 0 amide bonds. The molecule has 2 aromatic rings. The van der Waals surface area contributed by atoms with Gasteiger partial charge >= 0.3 is 0 Å². The van der Waals surface area contributed by atoms with Gasteiger partial charge in [0.25, 0.3) is 0 Å². The standard InChI is InChI=1S/C14H19N3O/c1-11(2)18-14-13(5-4-7-15-14)16-9-12-6-8-17(3)10-12/h4-8,10-11,16H,9H2,1-3H3. The van der Waals surface area contributed by atoms with Crippen LogP contribution in [0.2, 0.25) is 0 Å². The Bertz CT molecular complexity index is 505. The van der Waals surface area contributed by atoms with Crippen LogP contribution in [0.5, 0.6) is 5.88 Å². The summed E-state index contributed by atoms with van der Waals surface area (Å²) < 4.78 is 7.69. The summed E-state index contributed by atoms with van der Waals surface area (Å²) in [5.41, 5.74) is 2.16. The number of nitrogens with zero attached hydrogens (tertiary/aromatic N) is 2. The van der Waals surface area contributed by atoms with Crippen molar-refractivity contribution in [2.75, 3.05) is 5.32 Å². The highest BCUT2D eigenvalue weighted by atomic mass is 16.5.